The molecule has 2 rings (SSSR count). The van der Waals surface area contributed by atoms with Crippen molar-refractivity contribution in [1.29, 1.82) is 0 Å². The van der Waals surface area contributed by atoms with Gasteiger partial charge in [0.05, 0.1) is 11.1 Å². The summed E-state index contributed by atoms with van der Waals surface area (Å²) in [7, 11) is 0. The van der Waals surface area contributed by atoms with Crippen LogP contribution in [0.3, 0.4) is 0 Å². The van der Waals surface area contributed by atoms with Crippen molar-refractivity contribution in [2.45, 2.75) is 27.2 Å². The number of hydrogen-bond donors (Lipinski definition) is 2. The van der Waals surface area contributed by atoms with Crippen molar-refractivity contribution in [3.8, 4) is 0 Å². The van der Waals surface area contributed by atoms with Crippen LogP contribution in [0.5, 0.6) is 0 Å². The van der Waals surface area contributed by atoms with Crippen LogP contribution in [0.2, 0.25) is 0 Å². The first kappa shape index (κ1) is 26.3. The summed E-state index contributed by atoms with van der Waals surface area (Å²) >= 11 is 1.43. The van der Waals surface area contributed by atoms with Gasteiger partial charge < -0.3 is 5.43 Å². The van der Waals surface area contributed by atoms with Gasteiger partial charge in [0.1, 0.15) is 0 Å². The second-order valence-electron chi connectivity index (χ2n) is 6.61. The van der Waals surface area contributed by atoms with Crippen LogP contribution in [-0.4, -0.2) is 35.1 Å². The topological polar surface area (TPSA) is 105 Å². The Morgan fingerprint density at radius 2 is 1.52 bits per heavy atom. The van der Waals surface area contributed by atoms with Crippen LogP contribution in [0.25, 0.3) is 0 Å². The Bertz CT molecular complexity index is 985. The normalized spacial score (nSPS) is 19.1. The Morgan fingerprint density at radius 3 is 2.06 bits per heavy atom. The number of carbonyl (C=O) groups is 4. The number of hydrazine groups is 1. The monoisotopic (exact) mass is 488 g/mol. The quantitative estimate of drug-likeness (QED) is 0.108. The van der Waals surface area contributed by atoms with Gasteiger partial charge in [0.15, 0.2) is 29.3 Å². The van der Waals surface area contributed by atoms with Crippen LogP contribution in [0.15, 0.2) is 75.1 Å². The van der Waals surface area contributed by atoms with Crippen molar-refractivity contribution >= 4 is 41.1 Å². The number of hydrogen-bond acceptors (Lipinski definition) is 7. The summed E-state index contributed by atoms with van der Waals surface area (Å²) in [4.78, 5) is 50.9. The van der Waals surface area contributed by atoms with E-state index < -0.39 is 0 Å². The molecule has 9 heteroatoms. The summed E-state index contributed by atoms with van der Waals surface area (Å²) in [6.07, 6.45) is 11.3. The molecule has 0 fully saturated rings. The van der Waals surface area contributed by atoms with E-state index in [0.29, 0.717) is 28.9 Å². The molecule has 0 amide bonds. The number of aldehydes is 2. The number of carbonyl (C=O) groups excluding carboxylic acids is 4. The minimum Gasteiger partial charge on any atom is -0.306 e. The summed E-state index contributed by atoms with van der Waals surface area (Å²) in [5.41, 5.74) is 8.13. The van der Waals surface area contributed by atoms with Gasteiger partial charge in [-0.15, -0.1) is 0 Å². The molecule has 0 aromatic carbocycles. The van der Waals surface area contributed by atoms with Gasteiger partial charge in [-0.05, 0) is 55.7 Å². The maximum absolute atomic E-state index is 12.3. The number of ketones is 2. The Labute approximate surface area is 196 Å². The fourth-order valence-corrected chi connectivity index (χ4v) is 3.30. The summed E-state index contributed by atoms with van der Waals surface area (Å²) in [6, 6.07) is 0. The first-order valence-corrected chi connectivity index (χ1v) is 10.3. The Morgan fingerprint density at radius 1 is 0.968 bits per heavy atom. The second kappa shape index (κ2) is 12.8. The van der Waals surface area contributed by atoms with E-state index >= 15 is 0 Å². The third-order valence-corrected chi connectivity index (χ3v) is 5.10. The van der Waals surface area contributed by atoms with Crippen LogP contribution in [0.1, 0.15) is 27.2 Å². The SMILES string of the molecule is CCCSC(=NC=C1C=C(C)C=C(C=O)C1=O)NNC=C1C=C(C)C=C(C=O)C1=O.[Cu]. The molecule has 0 aliphatic heterocycles. The average Bonchev–Trinajstić information content (AvgIpc) is 2.73. The molecule has 2 aliphatic carbocycles. The van der Waals surface area contributed by atoms with Gasteiger partial charge in [-0.25, -0.2) is 4.99 Å². The first-order valence-electron chi connectivity index (χ1n) is 9.31. The van der Waals surface area contributed by atoms with E-state index in [0.717, 1.165) is 23.3 Å². The minimum absolute atomic E-state index is 0. The van der Waals surface area contributed by atoms with Crippen molar-refractivity contribution in [1.82, 2.24) is 10.9 Å². The Hall–Kier alpha value is -2.74. The maximum atomic E-state index is 12.3. The van der Waals surface area contributed by atoms with Crippen molar-refractivity contribution in [3.05, 3.63) is 70.1 Å². The van der Waals surface area contributed by atoms with Crippen molar-refractivity contribution in [3.63, 3.8) is 0 Å². The molecule has 2 N–H and O–H groups in total. The Balaban J connectivity index is 0.00000480. The van der Waals surface area contributed by atoms with Gasteiger partial charge in [0.25, 0.3) is 0 Å². The van der Waals surface area contributed by atoms with Crippen LogP contribution in [0.4, 0.5) is 0 Å². The van der Waals surface area contributed by atoms with Gasteiger partial charge in [-0.1, -0.05) is 18.7 Å². The molecule has 0 aromatic rings. The number of allylic oxidation sites excluding steroid dienone is 10. The molecule has 0 bridgehead atoms. The van der Waals surface area contributed by atoms with Crippen LogP contribution in [-0.2, 0) is 36.2 Å². The van der Waals surface area contributed by atoms with Crippen LogP contribution >= 0.6 is 11.8 Å². The molecular weight excluding hydrogens is 466 g/mol. The molecule has 0 atom stereocenters. The molecule has 2 aliphatic rings. The molecule has 7 nitrogen and oxygen atoms in total. The van der Waals surface area contributed by atoms with Gasteiger partial charge >= 0.3 is 0 Å². The molecule has 31 heavy (non-hydrogen) atoms. The maximum Gasteiger partial charge on any atom is 0.197 e. The van der Waals surface area contributed by atoms with Crippen LogP contribution in [0, 0.1) is 0 Å². The number of nitrogens with one attached hydrogen (secondary N) is 2. The van der Waals surface area contributed by atoms with Crippen molar-refractivity contribution in [2.75, 3.05) is 5.75 Å². The predicted octanol–water partition coefficient (Wildman–Crippen LogP) is 2.65. The van der Waals surface area contributed by atoms with Crippen molar-refractivity contribution in [2.24, 2.45) is 4.99 Å². The number of Topliss-reactive ketones (excluding diaryl/α,β-unsaturated/α-hetero) is 2. The molecule has 1 radical (unpaired) electrons. The van der Waals surface area contributed by atoms with E-state index in [4.69, 9.17) is 0 Å². The number of amidine groups is 1. The number of aliphatic imine (C=N–C) groups is 1. The van der Waals surface area contributed by atoms with Gasteiger partial charge in [-0.3, -0.25) is 24.6 Å². The zero-order valence-electron chi connectivity index (χ0n) is 17.3. The van der Waals surface area contributed by atoms with Crippen LogP contribution < -0.4 is 10.9 Å². The number of rotatable bonds is 7. The van der Waals surface area contributed by atoms with Gasteiger partial charge in [-0.2, -0.15) is 0 Å². The van der Waals surface area contributed by atoms with Crippen molar-refractivity contribution < 1.29 is 36.2 Å². The Kier molecular flexibility index (Phi) is 10.9. The van der Waals surface area contributed by atoms with E-state index in [1.165, 1.54) is 36.3 Å². The fourth-order valence-electron chi connectivity index (χ4n) is 2.65. The van der Waals surface area contributed by atoms with E-state index in [1.807, 2.05) is 6.92 Å². The summed E-state index contributed by atoms with van der Waals surface area (Å²) < 4.78 is 0. The average molecular weight is 489 g/mol. The molecule has 0 aromatic heterocycles. The molecule has 0 saturated heterocycles. The molecule has 0 saturated carbocycles. The zero-order chi connectivity index (χ0) is 22.1. The summed E-state index contributed by atoms with van der Waals surface area (Å²) in [5.74, 6) is 0.0371. The number of thioether (sulfide) groups is 1. The standard InChI is InChI=1S/C22H23N3O4S.Cu/c1-4-5-30-22(23-10-16-6-14(2)8-18(12-26)20(16)28)25-24-11-17-7-15(3)9-19(13-27)21(17)29;/h6-13,24H,4-5H2,1-3H3,(H,23,25);. The predicted molar refractivity (Wildman–Crippen MR) is 118 cm³/mol. The second-order valence-corrected chi connectivity index (χ2v) is 7.69. The van der Waals surface area contributed by atoms with E-state index in [9.17, 15) is 19.2 Å². The third-order valence-electron chi connectivity index (χ3n) is 4.01. The molecule has 0 spiro atoms. The minimum atomic E-state index is -0.379. The molecule has 0 unspecified atom stereocenters. The number of nitrogens with zero attached hydrogens (tertiary/aromatic N) is 1. The van der Waals surface area contributed by atoms with E-state index in [2.05, 4.69) is 15.8 Å². The molecule has 0 heterocycles. The van der Waals surface area contributed by atoms with E-state index in [1.54, 1.807) is 26.0 Å². The third kappa shape index (κ3) is 7.47. The summed E-state index contributed by atoms with van der Waals surface area (Å²) in [5, 5.41) is 0.484. The zero-order valence-corrected chi connectivity index (χ0v) is 19.1. The molecule has 167 valence electrons. The summed E-state index contributed by atoms with van der Waals surface area (Å²) in [6.45, 7) is 5.62. The smallest absolute Gasteiger partial charge is 0.197 e. The van der Waals surface area contributed by atoms with E-state index in [-0.39, 0.29) is 39.8 Å². The molecular formula is C22H23CuN3O4S. The van der Waals surface area contributed by atoms with Gasteiger partial charge in [0.2, 0.25) is 0 Å². The largest absolute Gasteiger partial charge is 0.306 e. The fraction of sp³-hybridized carbons (Fsp3) is 0.227. The first-order chi connectivity index (χ1) is 14.4. The van der Waals surface area contributed by atoms with Gasteiger partial charge in [0, 0.05) is 46.4 Å².